The summed E-state index contributed by atoms with van der Waals surface area (Å²) in [6.07, 6.45) is 1.96. The average molecular weight is 483 g/mol. The van der Waals surface area contributed by atoms with Crippen LogP contribution in [0, 0.1) is 0 Å². The normalized spacial score (nSPS) is 10.4. The van der Waals surface area contributed by atoms with Crippen LogP contribution in [-0.2, 0) is 6.54 Å². The number of Topliss-reactive ketones (excluding diaryl/α,β-unsaturated/α-hetero) is 1. The second-order valence-electron chi connectivity index (χ2n) is 6.21. The van der Waals surface area contributed by atoms with Crippen LogP contribution in [0.5, 0.6) is 0 Å². The number of rotatable bonds is 4. The third-order valence-electron chi connectivity index (χ3n) is 4.45. The van der Waals surface area contributed by atoms with Gasteiger partial charge in [0.25, 0.3) is 0 Å². The maximum Gasteiger partial charge on any atom is 0.227 e. The summed E-state index contributed by atoms with van der Waals surface area (Å²) in [5.41, 5.74) is 4.03. The van der Waals surface area contributed by atoms with Crippen molar-refractivity contribution in [2.45, 2.75) is 6.54 Å². The summed E-state index contributed by atoms with van der Waals surface area (Å²) in [5.74, 6) is 0.0952. The molecule has 0 bridgehead atoms. The Kier molecular flexibility index (Phi) is 6.19. The Hall–Kier alpha value is -2.30. The van der Waals surface area contributed by atoms with Gasteiger partial charge in [0.05, 0.1) is 4.47 Å². The number of fused-ring (bicyclic) bond motifs is 1. The van der Waals surface area contributed by atoms with Gasteiger partial charge in [0.15, 0.2) is 6.20 Å². The maximum absolute atomic E-state index is 12.8. The minimum absolute atomic E-state index is 0. The monoisotopic (exact) mass is 481 g/mol. The highest BCUT2D eigenvalue weighted by molar-refractivity contribution is 9.10. The van der Waals surface area contributed by atoms with Crippen molar-refractivity contribution < 1.29 is 26.3 Å². The van der Waals surface area contributed by atoms with Gasteiger partial charge in [-0.15, -0.1) is 0 Å². The van der Waals surface area contributed by atoms with Gasteiger partial charge >= 0.3 is 0 Å². The van der Waals surface area contributed by atoms with Crippen LogP contribution in [-0.4, -0.2) is 5.78 Å². The second-order valence-corrected chi connectivity index (χ2v) is 7.13. The number of carbonyl (C=O) groups is 1. The van der Waals surface area contributed by atoms with Crippen LogP contribution in [0.4, 0.5) is 0 Å². The molecule has 0 atom stereocenters. The number of ketones is 1. The fraction of sp³-hybridized carbons (Fsp3) is 0.0435. The fourth-order valence-electron chi connectivity index (χ4n) is 3.13. The molecule has 4 rings (SSSR count). The first-order chi connectivity index (χ1) is 12.7. The van der Waals surface area contributed by atoms with E-state index < -0.39 is 0 Å². The van der Waals surface area contributed by atoms with Gasteiger partial charge in [0.2, 0.25) is 17.8 Å². The molecule has 0 aliphatic heterocycles. The van der Waals surface area contributed by atoms with E-state index in [1.54, 1.807) is 0 Å². The number of pyridine rings is 1. The SMILES string of the molecule is O=C(C[n+]1cc(Br)cc2ccccc21)c1ccc(-c2ccccc2)cc1.[Br-]. The van der Waals surface area contributed by atoms with Gasteiger partial charge in [-0.1, -0.05) is 66.7 Å². The van der Waals surface area contributed by atoms with Crippen molar-refractivity contribution in [3.8, 4) is 11.1 Å². The van der Waals surface area contributed by atoms with E-state index in [2.05, 4.69) is 40.2 Å². The Balaban J connectivity index is 0.00000210. The summed E-state index contributed by atoms with van der Waals surface area (Å²) < 4.78 is 2.95. The number of halogens is 2. The summed E-state index contributed by atoms with van der Waals surface area (Å²) in [6.45, 7) is 0.310. The maximum atomic E-state index is 12.8. The summed E-state index contributed by atoms with van der Waals surface area (Å²) in [6, 6.07) is 28.1. The summed E-state index contributed by atoms with van der Waals surface area (Å²) >= 11 is 3.53. The van der Waals surface area contributed by atoms with Crippen LogP contribution in [0.3, 0.4) is 0 Å². The molecule has 0 radical (unpaired) electrons. The minimum Gasteiger partial charge on any atom is -1.00 e. The number of aromatic nitrogens is 1. The van der Waals surface area contributed by atoms with Crippen molar-refractivity contribution in [2.24, 2.45) is 0 Å². The van der Waals surface area contributed by atoms with Crippen LogP contribution in [0.25, 0.3) is 22.0 Å². The van der Waals surface area contributed by atoms with Crippen LogP contribution in [0.1, 0.15) is 10.4 Å². The van der Waals surface area contributed by atoms with Gasteiger partial charge in [-0.25, -0.2) is 0 Å². The summed E-state index contributed by atoms with van der Waals surface area (Å²) in [4.78, 5) is 12.8. The van der Waals surface area contributed by atoms with Gasteiger partial charge in [-0.3, -0.25) is 4.79 Å². The number of para-hydroxylation sites is 1. The first-order valence-corrected chi connectivity index (χ1v) is 9.26. The number of benzene rings is 3. The van der Waals surface area contributed by atoms with Crippen molar-refractivity contribution in [3.05, 3.63) is 101 Å². The van der Waals surface area contributed by atoms with Gasteiger partial charge < -0.3 is 17.0 Å². The zero-order valence-corrected chi connectivity index (χ0v) is 17.7. The standard InChI is InChI=1S/C23H17BrNO.BrH/c24-21-14-20-8-4-5-9-22(20)25(15-21)16-23(26)19-12-10-18(11-13-19)17-6-2-1-3-7-17;/h1-15H,16H2;1H/q+1;/p-1. The van der Waals surface area contributed by atoms with Crippen molar-refractivity contribution in [3.63, 3.8) is 0 Å². The smallest absolute Gasteiger partial charge is 0.227 e. The lowest BCUT2D eigenvalue weighted by Crippen LogP contribution is -3.00. The molecule has 0 spiro atoms. The highest BCUT2D eigenvalue weighted by atomic mass is 79.9. The first kappa shape index (κ1) is 19.5. The molecule has 2 nitrogen and oxygen atoms in total. The molecule has 0 unspecified atom stereocenters. The van der Waals surface area contributed by atoms with Gasteiger partial charge in [-0.2, -0.15) is 4.57 Å². The molecule has 0 saturated carbocycles. The van der Waals surface area contributed by atoms with Crippen LogP contribution >= 0.6 is 15.9 Å². The van der Waals surface area contributed by atoms with Crippen LogP contribution in [0.15, 0.2) is 95.6 Å². The Morgan fingerprint density at radius 3 is 2.19 bits per heavy atom. The molecule has 0 saturated heterocycles. The number of carbonyl (C=O) groups excluding carboxylic acids is 1. The molecular weight excluding hydrogens is 466 g/mol. The third-order valence-corrected chi connectivity index (χ3v) is 4.88. The van der Waals surface area contributed by atoms with Gasteiger partial charge in [0.1, 0.15) is 0 Å². The van der Waals surface area contributed by atoms with E-state index in [1.165, 1.54) is 0 Å². The Labute approximate surface area is 177 Å². The molecule has 3 aromatic carbocycles. The number of hydrogen-bond donors (Lipinski definition) is 0. The quantitative estimate of drug-likeness (QED) is 0.323. The predicted molar refractivity (Wildman–Crippen MR) is 108 cm³/mol. The molecule has 4 heteroatoms. The van der Waals surface area contributed by atoms with E-state index in [0.29, 0.717) is 6.54 Å². The third kappa shape index (κ3) is 4.34. The fourth-order valence-corrected chi connectivity index (χ4v) is 3.63. The lowest BCUT2D eigenvalue weighted by Gasteiger charge is -2.05. The van der Waals surface area contributed by atoms with E-state index in [0.717, 1.165) is 32.1 Å². The van der Waals surface area contributed by atoms with E-state index in [-0.39, 0.29) is 22.8 Å². The second kappa shape index (κ2) is 8.59. The molecule has 27 heavy (non-hydrogen) atoms. The largest absolute Gasteiger partial charge is 1.00 e. The Morgan fingerprint density at radius 2 is 1.44 bits per heavy atom. The zero-order valence-electron chi connectivity index (χ0n) is 14.5. The zero-order chi connectivity index (χ0) is 17.9. The molecule has 0 amide bonds. The molecule has 0 fully saturated rings. The molecular formula is C23H17Br2NO. The van der Waals surface area contributed by atoms with E-state index in [4.69, 9.17) is 0 Å². The van der Waals surface area contributed by atoms with Crippen LogP contribution in [0.2, 0.25) is 0 Å². The molecule has 1 aromatic heterocycles. The molecule has 134 valence electrons. The lowest BCUT2D eigenvalue weighted by atomic mass is 10.0. The summed E-state index contributed by atoms with van der Waals surface area (Å²) in [7, 11) is 0. The minimum atomic E-state index is 0. The molecule has 0 N–H and O–H groups in total. The van der Waals surface area contributed by atoms with Gasteiger partial charge in [0, 0.05) is 17.0 Å². The van der Waals surface area contributed by atoms with Crippen molar-refractivity contribution in [2.75, 3.05) is 0 Å². The number of hydrogen-bond acceptors (Lipinski definition) is 1. The Morgan fingerprint density at radius 1 is 0.815 bits per heavy atom. The average Bonchev–Trinajstić information content (AvgIpc) is 2.68. The molecule has 0 aliphatic rings. The first-order valence-electron chi connectivity index (χ1n) is 8.47. The number of nitrogens with zero attached hydrogens (tertiary/aromatic N) is 1. The van der Waals surface area contributed by atoms with E-state index >= 15 is 0 Å². The molecule has 0 aliphatic carbocycles. The highest BCUT2D eigenvalue weighted by Gasteiger charge is 2.16. The van der Waals surface area contributed by atoms with Crippen LogP contribution < -0.4 is 21.5 Å². The highest BCUT2D eigenvalue weighted by Crippen LogP contribution is 2.20. The van der Waals surface area contributed by atoms with Gasteiger partial charge in [-0.05, 0) is 39.2 Å². The molecule has 1 heterocycles. The summed E-state index contributed by atoms with van der Waals surface area (Å²) in [5, 5.41) is 1.11. The predicted octanol–water partition coefficient (Wildman–Crippen LogP) is 2.44. The van der Waals surface area contributed by atoms with E-state index in [9.17, 15) is 4.79 Å². The van der Waals surface area contributed by atoms with E-state index in [1.807, 2.05) is 71.4 Å². The van der Waals surface area contributed by atoms with Crippen molar-refractivity contribution in [1.82, 2.24) is 0 Å². The topological polar surface area (TPSA) is 20.9 Å². The van der Waals surface area contributed by atoms with Crippen molar-refractivity contribution >= 4 is 32.6 Å². The van der Waals surface area contributed by atoms with Crippen molar-refractivity contribution in [1.29, 1.82) is 0 Å². The molecule has 4 aromatic rings. The lowest BCUT2D eigenvalue weighted by molar-refractivity contribution is -0.657. The Bertz CT molecular complexity index is 1080.